The zero-order valence-corrected chi connectivity index (χ0v) is 25.4. The second-order valence-electron chi connectivity index (χ2n) is 9.96. The number of methoxy groups -OCH3 is 4. The standard InChI is InChI=1S/C30H43N3O7S/c1-37-24-16-18-27(38-2)26(20-24)33(41(35,36)25-17-19-28(39-3)29(21-25)40-4)22-30(34)32-31-23-14-12-10-8-6-5-7-9-11-13-15-23/h16-21H,5-15,22H2,1-4H3,(H,32,34). The van der Waals surface area contributed by atoms with Gasteiger partial charge in [0.2, 0.25) is 0 Å². The van der Waals surface area contributed by atoms with E-state index in [-0.39, 0.29) is 22.1 Å². The topological polar surface area (TPSA) is 116 Å². The molecule has 2 aromatic carbocycles. The monoisotopic (exact) mass is 589 g/mol. The van der Waals surface area contributed by atoms with Crippen LogP contribution < -0.4 is 28.7 Å². The lowest BCUT2D eigenvalue weighted by molar-refractivity contribution is -0.119. The van der Waals surface area contributed by atoms with Crippen molar-refractivity contribution in [1.29, 1.82) is 0 Å². The van der Waals surface area contributed by atoms with E-state index in [0.717, 1.165) is 48.5 Å². The maximum absolute atomic E-state index is 14.0. The first-order valence-corrected chi connectivity index (χ1v) is 15.6. The van der Waals surface area contributed by atoms with Crippen molar-refractivity contribution < 1.29 is 32.2 Å². The molecule has 0 radical (unpaired) electrons. The average molecular weight is 590 g/mol. The number of ether oxygens (including phenoxy) is 4. The van der Waals surface area contributed by atoms with Crippen molar-refractivity contribution in [1.82, 2.24) is 5.43 Å². The molecule has 226 valence electrons. The first-order valence-electron chi connectivity index (χ1n) is 14.1. The molecule has 1 fully saturated rings. The summed E-state index contributed by atoms with van der Waals surface area (Å²) in [5.74, 6) is 0.708. The van der Waals surface area contributed by atoms with Gasteiger partial charge in [0.25, 0.3) is 15.9 Å². The predicted octanol–water partition coefficient (Wildman–Crippen LogP) is 5.69. The summed E-state index contributed by atoms with van der Waals surface area (Å²) in [4.78, 5) is 13.2. The Morgan fingerprint density at radius 3 is 1.88 bits per heavy atom. The zero-order chi connectivity index (χ0) is 29.7. The summed E-state index contributed by atoms with van der Waals surface area (Å²) < 4.78 is 50.5. The number of sulfonamides is 1. The lowest BCUT2D eigenvalue weighted by atomic mass is 10.00. The van der Waals surface area contributed by atoms with Gasteiger partial charge in [-0.1, -0.05) is 44.9 Å². The largest absolute Gasteiger partial charge is 0.497 e. The molecule has 1 amide bonds. The third kappa shape index (κ3) is 9.01. The number of hydrazone groups is 1. The summed E-state index contributed by atoms with van der Waals surface area (Å²) in [5.41, 5.74) is 3.71. The van der Waals surface area contributed by atoms with Gasteiger partial charge >= 0.3 is 0 Å². The SMILES string of the molecule is COc1ccc(OC)c(N(CC(=O)NN=C2CCCCCCCCCCC2)S(=O)(=O)c2ccc(OC)c(OC)c2)c1. The minimum absolute atomic E-state index is 0.0848. The Morgan fingerprint density at radius 1 is 0.756 bits per heavy atom. The van der Waals surface area contributed by atoms with Gasteiger partial charge in [-0.25, -0.2) is 13.8 Å². The number of rotatable bonds is 10. The molecule has 1 saturated carbocycles. The van der Waals surface area contributed by atoms with Crippen LogP contribution >= 0.6 is 0 Å². The van der Waals surface area contributed by atoms with Crippen LogP contribution in [0.3, 0.4) is 0 Å². The molecule has 0 aliphatic heterocycles. The molecule has 1 N–H and O–H groups in total. The number of carbonyl (C=O) groups excluding carboxylic acids is 1. The number of hydrogen-bond acceptors (Lipinski definition) is 8. The molecule has 0 aromatic heterocycles. The van der Waals surface area contributed by atoms with Crippen molar-refractivity contribution >= 4 is 27.3 Å². The Labute approximate surface area is 244 Å². The van der Waals surface area contributed by atoms with E-state index >= 15 is 0 Å². The molecular formula is C30H43N3O7S. The summed E-state index contributed by atoms with van der Waals surface area (Å²) in [7, 11) is 1.52. The number of nitrogens with one attached hydrogen (secondary N) is 1. The molecule has 3 rings (SSSR count). The summed E-state index contributed by atoms with van der Waals surface area (Å²) in [5, 5.41) is 4.44. The molecule has 0 bridgehead atoms. The molecule has 41 heavy (non-hydrogen) atoms. The fourth-order valence-electron chi connectivity index (χ4n) is 4.84. The molecule has 10 nitrogen and oxygen atoms in total. The van der Waals surface area contributed by atoms with Crippen LogP contribution in [0.15, 0.2) is 46.4 Å². The van der Waals surface area contributed by atoms with Gasteiger partial charge in [0.15, 0.2) is 11.5 Å². The fourth-order valence-corrected chi connectivity index (χ4v) is 6.27. The minimum atomic E-state index is -4.28. The predicted molar refractivity (Wildman–Crippen MR) is 160 cm³/mol. The van der Waals surface area contributed by atoms with Crippen LogP contribution in [0.4, 0.5) is 5.69 Å². The average Bonchev–Trinajstić information content (AvgIpc) is 2.98. The van der Waals surface area contributed by atoms with Crippen LogP contribution in [0.25, 0.3) is 0 Å². The molecule has 0 heterocycles. The molecule has 2 aromatic rings. The van der Waals surface area contributed by atoms with Crippen molar-refractivity contribution in [2.24, 2.45) is 5.10 Å². The van der Waals surface area contributed by atoms with Gasteiger partial charge in [0.1, 0.15) is 18.0 Å². The summed E-state index contributed by atoms with van der Waals surface area (Å²) in [6.45, 7) is -0.531. The Kier molecular flexibility index (Phi) is 12.6. The highest BCUT2D eigenvalue weighted by Gasteiger charge is 2.31. The van der Waals surface area contributed by atoms with Gasteiger partial charge in [0.05, 0.1) is 39.0 Å². The van der Waals surface area contributed by atoms with E-state index in [1.54, 1.807) is 12.1 Å². The van der Waals surface area contributed by atoms with Crippen LogP contribution in [0.1, 0.15) is 70.6 Å². The first-order chi connectivity index (χ1) is 19.8. The molecule has 11 heteroatoms. The van der Waals surface area contributed by atoms with E-state index in [1.807, 2.05) is 0 Å². The van der Waals surface area contributed by atoms with E-state index < -0.39 is 22.5 Å². The number of hydrogen-bond donors (Lipinski definition) is 1. The highest BCUT2D eigenvalue weighted by atomic mass is 32.2. The van der Waals surface area contributed by atoms with Crippen LogP contribution in [0, 0.1) is 0 Å². The number of nitrogens with zero attached hydrogens (tertiary/aromatic N) is 2. The molecule has 1 aliphatic rings. The van der Waals surface area contributed by atoms with E-state index in [0.29, 0.717) is 11.5 Å². The highest BCUT2D eigenvalue weighted by Crippen LogP contribution is 2.37. The Balaban J connectivity index is 1.92. The van der Waals surface area contributed by atoms with E-state index in [4.69, 9.17) is 18.9 Å². The molecule has 0 spiro atoms. The van der Waals surface area contributed by atoms with Crippen LogP contribution in [0.5, 0.6) is 23.0 Å². The Bertz CT molecular complexity index is 1270. The lowest BCUT2D eigenvalue weighted by Crippen LogP contribution is -2.40. The van der Waals surface area contributed by atoms with Crippen LogP contribution in [0.2, 0.25) is 0 Å². The van der Waals surface area contributed by atoms with Crippen molar-refractivity contribution in [2.45, 2.75) is 75.5 Å². The number of amides is 1. The quantitative estimate of drug-likeness (QED) is 0.354. The molecule has 0 atom stereocenters. The number of anilines is 1. The van der Waals surface area contributed by atoms with Crippen molar-refractivity contribution in [3.05, 3.63) is 36.4 Å². The zero-order valence-electron chi connectivity index (χ0n) is 24.6. The fraction of sp³-hybridized carbons (Fsp3) is 0.533. The first kappa shape index (κ1) is 32.0. The van der Waals surface area contributed by atoms with E-state index in [2.05, 4.69) is 10.5 Å². The third-order valence-electron chi connectivity index (χ3n) is 7.15. The molecular weight excluding hydrogens is 546 g/mol. The van der Waals surface area contributed by atoms with Crippen LogP contribution in [-0.4, -0.2) is 55.0 Å². The van der Waals surface area contributed by atoms with Crippen molar-refractivity contribution in [2.75, 3.05) is 39.3 Å². The van der Waals surface area contributed by atoms with Gasteiger partial charge in [-0.05, 0) is 49.9 Å². The van der Waals surface area contributed by atoms with E-state index in [1.165, 1.54) is 84.8 Å². The summed E-state index contributed by atoms with van der Waals surface area (Å²) >= 11 is 0. The highest BCUT2D eigenvalue weighted by molar-refractivity contribution is 7.92. The summed E-state index contributed by atoms with van der Waals surface area (Å²) in [6.07, 6.45) is 12.2. The molecule has 0 saturated heterocycles. The molecule has 0 unspecified atom stereocenters. The number of benzene rings is 2. The lowest BCUT2D eigenvalue weighted by Gasteiger charge is -2.26. The van der Waals surface area contributed by atoms with Gasteiger partial charge in [-0.2, -0.15) is 5.10 Å². The second-order valence-corrected chi connectivity index (χ2v) is 11.8. The smallest absolute Gasteiger partial charge is 0.265 e. The molecule has 1 aliphatic carbocycles. The Morgan fingerprint density at radius 2 is 1.32 bits per heavy atom. The normalized spacial score (nSPS) is 15.1. The van der Waals surface area contributed by atoms with Crippen molar-refractivity contribution in [3.63, 3.8) is 0 Å². The maximum atomic E-state index is 14.0. The second kappa shape index (κ2) is 16.1. The Hall–Kier alpha value is -3.47. The number of carbonyl (C=O) groups is 1. The van der Waals surface area contributed by atoms with Crippen LogP contribution in [-0.2, 0) is 14.8 Å². The minimum Gasteiger partial charge on any atom is -0.497 e. The summed E-state index contributed by atoms with van der Waals surface area (Å²) in [6, 6.07) is 9.02. The van der Waals surface area contributed by atoms with Gasteiger partial charge in [-0.3, -0.25) is 9.10 Å². The van der Waals surface area contributed by atoms with Crippen molar-refractivity contribution in [3.8, 4) is 23.0 Å². The van der Waals surface area contributed by atoms with Gasteiger partial charge in [0, 0.05) is 17.8 Å². The third-order valence-corrected chi connectivity index (χ3v) is 8.91. The van der Waals surface area contributed by atoms with Gasteiger partial charge in [-0.15, -0.1) is 0 Å². The maximum Gasteiger partial charge on any atom is 0.265 e. The van der Waals surface area contributed by atoms with Gasteiger partial charge < -0.3 is 18.9 Å². The van der Waals surface area contributed by atoms with E-state index in [9.17, 15) is 13.2 Å².